The molecule has 1 saturated heterocycles. The number of anilines is 1. The summed E-state index contributed by atoms with van der Waals surface area (Å²) in [6.45, 7) is 1.95. The molecule has 1 aliphatic rings. The van der Waals surface area contributed by atoms with Crippen molar-refractivity contribution in [2.45, 2.75) is 13.0 Å². The maximum absolute atomic E-state index is 12.5. The van der Waals surface area contributed by atoms with E-state index in [0.29, 0.717) is 5.56 Å². The van der Waals surface area contributed by atoms with Crippen LogP contribution < -0.4 is 4.90 Å². The second-order valence-corrected chi connectivity index (χ2v) is 6.76. The molecule has 2 aromatic rings. The van der Waals surface area contributed by atoms with Gasteiger partial charge in [-0.3, -0.25) is 9.59 Å². The first-order chi connectivity index (χ1) is 12.3. The summed E-state index contributed by atoms with van der Waals surface area (Å²) in [6.07, 6.45) is 0. The van der Waals surface area contributed by atoms with Crippen molar-refractivity contribution in [2.75, 3.05) is 26.0 Å². The normalized spacial score (nSPS) is 19.1. The highest BCUT2D eigenvalue weighted by atomic mass is 16.3. The molecule has 3 rings (SSSR count). The number of rotatable bonds is 3. The van der Waals surface area contributed by atoms with E-state index in [9.17, 15) is 14.7 Å². The Hall–Kier alpha value is -3.08. The summed E-state index contributed by atoms with van der Waals surface area (Å²) in [5.41, 5.74) is 3.50. The minimum atomic E-state index is -0.660. The van der Waals surface area contributed by atoms with Crippen molar-refractivity contribution in [1.29, 1.82) is 0 Å². The third-order valence-electron chi connectivity index (χ3n) is 4.73. The van der Waals surface area contributed by atoms with E-state index >= 15 is 0 Å². The van der Waals surface area contributed by atoms with E-state index in [4.69, 9.17) is 0 Å². The predicted molar refractivity (Wildman–Crippen MR) is 102 cm³/mol. The SMILES string of the molecule is Cc1ccc(/C(O)=C2/C(=O)C(=O)N(C)C2c2ccc(N(C)C)cc2)cc1. The van der Waals surface area contributed by atoms with Gasteiger partial charge in [0, 0.05) is 32.4 Å². The van der Waals surface area contributed by atoms with Gasteiger partial charge in [-0.1, -0.05) is 42.0 Å². The third-order valence-corrected chi connectivity index (χ3v) is 4.73. The van der Waals surface area contributed by atoms with Gasteiger partial charge in [-0.2, -0.15) is 0 Å². The van der Waals surface area contributed by atoms with Gasteiger partial charge in [-0.05, 0) is 24.6 Å². The van der Waals surface area contributed by atoms with E-state index in [1.165, 1.54) is 4.90 Å². The Kier molecular flexibility index (Phi) is 4.55. The van der Waals surface area contributed by atoms with Crippen molar-refractivity contribution in [3.63, 3.8) is 0 Å². The van der Waals surface area contributed by atoms with Crippen molar-refractivity contribution in [3.05, 3.63) is 70.8 Å². The van der Waals surface area contributed by atoms with Crippen LogP contribution in [0.3, 0.4) is 0 Å². The lowest BCUT2D eigenvalue weighted by Gasteiger charge is -2.22. The molecule has 0 spiro atoms. The second-order valence-electron chi connectivity index (χ2n) is 6.76. The fourth-order valence-corrected chi connectivity index (χ4v) is 3.16. The Balaban J connectivity index is 2.11. The van der Waals surface area contributed by atoms with Gasteiger partial charge in [0.15, 0.2) is 0 Å². The monoisotopic (exact) mass is 350 g/mol. The predicted octanol–water partition coefficient (Wildman–Crippen LogP) is 3.11. The number of aryl methyl sites for hydroxylation is 1. The van der Waals surface area contributed by atoms with Gasteiger partial charge >= 0.3 is 0 Å². The van der Waals surface area contributed by atoms with Crippen LogP contribution in [-0.2, 0) is 9.59 Å². The molecule has 0 saturated carbocycles. The number of amides is 1. The van der Waals surface area contributed by atoms with Gasteiger partial charge in [0.25, 0.3) is 11.7 Å². The van der Waals surface area contributed by atoms with Gasteiger partial charge in [0.2, 0.25) is 0 Å². The summed E-state index contributed by atoms with van der Waals surface area (Å²) >= 11 is 0. The lowest BCUT2D eigenvalue weighted by molar-refractivity contribution is -0.139. The summed E-state index contributed by atoms with van der Waals surface area (Å²) in [5, 5.41) is 10.8. The van der Waals surface area contributed by atoms with Gasteiger partial charge in [0.1, 0.15) is 5.76 Å². The number of aliphatic hydroxyl groups excluding tert-OH is 1. The molecule has 134 valence electrons. The summed E-state index contributed by atoms with van der Waals surface area (Å²) in [6, 6.07) is 14.2. The molecule has 5 nitrogen and oxygen atoms in total. The number of likely N-dealkylation sites (tertiary alicyclic amines) is 1. The van der Waals surface area contributed by atoms with Gasteiger partial charge in [0.05, 0.1) is 11.6 Å². The molecule has 1 N–H and O–H groups in total. The van der Waals surface area contributed by atoms with Crippen LogP contribution in [0.1, 0.15) is 22.7 Å². The fraction of sp³-hybridized carbons (Fsp3) is 0.238. The van der Waals surface area contributed by atoms with Crippen LogP contribution in [0.4, 0.5) is 5.69 Å². The van der Waals surface area contributed by atoms with Gasteiger partial charge in [-0.25, -0.2) is 0 Å². The van der Waals surface area contributed by atoms with Crippen molar-refractivity contribution in [1.82, 2.24) is 4.90 Å². The topological polar surface area (TPSA) is 60.9 Å². The number of benzene rings is 2. The molecule has 5 heteroatoms. The largest absolute Gasteiger partial charge is 0.507 e. The Morgan fingerprint density at radius 2 is 1.58 bits per heavy atom. The Morgan fingerprint density at radius 1 is 1.00 bits per heavy atom. The summed E-state index contributed by atoms with van der Waals surface area (Å²) in [7, 11) is 5.47. The number of nitrogens with zero attached hydrogens (tertiary/aromatic N) is 2. The Bertz CT molecular complexity index is 880. The quantitative estimate of drug-likeness (QED) is 0.525. The zero-order chi connectivity index (χ0) is 19.0. The van der Waals surface area contributed by atoms with Crippen LogP contribution in [-0.4, -0.2) is 42.8 Å². The lowest BCUT2D eigenvalue weighted by atomic mass is 9.95. The van der Waals surface area contributed by atoms with Gasteiger partial charge < -0.3 is 14.9 Å². The zero-order valence-electron chi connectivity index (χ0n) is 15.4. The van der Waals surface area contributed by atoms with Crippen LogP contribution in [0, 0.1) is 6.92 Å². The van der Waals surface area contributed by atoms with E-state index in [-0.39, 0.29) is 11.3 Å². The number of carbonyl (C=O) groups is 2. The highest BCUT2D eigenvalue weighted by molar-refractivity contribution is 6.46. The number of Topliss-reactive ketones (excluding diaryl/α,β-unsaturated/α-hetero) is 1. The molecule has 0 radical (unpaired) electrons. The maximum atomic E-state index is 12.5. The van der Waals surface area contributed by atoms with E-state index in [0.717, 1.165) is 16.8 Å². The molecule has 1 unspecified atom stereocenters. The zero-order valence-corrected chi connectivity index (χ0v) is 15.4. The van der Waals surface area contributed by atoms with Crippen molar-refractivity contribution >= 4 is 23.1 Å². The number of hydrogen-bond donors (Lipinski definition) is 1. The van der Waals surface area contributed by atoms with Gasteiger partial charge in [-0.15, -0.1) is 0 Å². The first kappa shape index (κ1) is 17.7. The number of carbonyl (C=O) groups excluding carboxylic acids is 2. The molecular weight excluding hydrogens is 328 g/mol. The molecule has 0 bridgehead atoms. The van der Waals surface area contributed by atoms with Crippen LogP contribution in [0.15, 0.2) is 54.1 Å². The standard InChI is InChI=1S/C21H22N2O3/c1-13-5-7-15(8-6-13)19(24)17-18(23(4)21(26)20(17)25)14-9-11-16(12-10-14)22(2)3/h5-12,18,24H,1-4H3/b19-17-. The molecule has 0 aliphatic carbocycles. The van der Waals surface area contributed by atoms with E-state index in [1.807, 2.05) is 62.3 Å². The lowest BCUT2D eigenvalue weighted by Crippen LogP contribution is -2.24. The molecule has 1 fully saturated rings. The smallest absolute Gasteiger partial charge is 0.295 e. The van der Waals surface area contributed by atoms with E-state index in [2.05, 4.69) is 0 Å². The maximum Gasteiger partial charge on any atom is 0.295 e. The molecule has 1 amide bonds. The minimum Gasteiger partial charge on any atom is -0.507 e. The molecule has 1 aliphatic heterocycles. The number of likely N-dealkylation sites (N-methyl/N-ethyl adjacent to an activating group) is 1. The fourth-order valence-electron chi connectivity index (χ4n) is 3.16. The highest BCUT2D eigenvalue weighted by Crippen LogP contribution is 2.38. The first-order valence-corrected chi connectivity index (χ1v) is 8.40. The summed E-state index contributed by atoms with van der Waals surface area (Å²) in [5.74, 6) is -1.41. The summed E-state index contributed by atoms with van der Waals surface area (Å²) < 4.78 is 0. The average Bonchev–Trinajstić information content (AvgIpc) is 2.86. The Labute approximate surface area is 153 Å². The summed E-state index contributed by atoms with van der Waals surface area (Å²) in [4.78, 5) is 28.2. The Morgan fingerprint density at radius 3 is 2.12 bits per heavy atom. The molecular formula is C21H22N2O3. The van der Waals surface area contributed by atoms with Crippen LogP contribution in [0.5, 0.6) is 0 Å². The second kappa shape index (κ2) is 6.67. The molecule has 1 atom stereocenters. The number of aliphatic hydroxyl groups is 1. The molecule has 0 aromatic heterocycles. The third kappa shape index (κ3) is 2.96. The van der Waals surface area contributed by atoms with Crippen LogP contribution >= 0.6 is 0 Å². The average molecular weight is 350 g/mol. The molecule has 2 aromatic carbocycles. The van der Waals surface area contributed by atoms with Crippen molar-refractivity contribution < 1.29 is 14.7 Å². The minimum absolute atomic E-state index is 0.124. The van der Waals surface area contributed by atoms with Crippen LogP contribution in [0.2, 0.25) is 0 Å². The van der Waals surface area contributed by atoms with Crippen molar-refractivity contribution in [2.24, 2.45) is 0 Å². The highest BCUT2D eigenvalue weighted by Gasteiger charge is 2.44. The number of hydrogen-bond acceptors (Lipinski definition) is 4. The van der Waals surface area contributed by atoms with Crippen molar-refractivity contribution in [3.8, 4) is 0 Å². The molecule has 1 heterocycles. The number of ketones is 1. The first-order valence-electron chi connectivity index (χ1n) is 8.40. The van der Waals surface area contributed by atoms with E-state index in [1.54, 1.807) is 19.2 Å². The van der Waals surface area contributed by atoms with E-state index < -0.39 is 17.7 Å². The van der Waals surface area contributed by atoms with Crippen LogP contribution in [0.25, 0.3) is 5.76 Å². The molecule has 26 heavy (non-hydrogen) atoms.